The van der Waals surface area contributed by atoms with Crippen LogP contribution in [0.2, 0.25) is 0 Å². The van der Waals surface area contributed by atoms with Crippen LogP contribution in [0.25, 0.3) is 0 Å². The Morgan fingerprint density at radius 1 is 1.00 bits per heavy atom. The topological polar surface area (TPSA) is 102 Å². The van der Waals surface area contributed by atoms with Crippen LogP contribution in [0.5, 0.6) is 0 Å². The van der Waals surface area contributed by atoms with Crippen LogP contribution in [-0.2, 0) is 19.1 Å². The van der Waals surface area contributed by atoms with Crippen LogP contribution in [0, 0.1) is 11.3 Å². The number of ketones is 1. The van der Waals surface area contributed by atoms with Crippen LogP contribution in [0.4, 0.5) is 0 Å². The standard InChI is InChI=1S/C24H36N2O5/c1-16(2)14-19(23(30)31-6)26-21(28)13-12-18(15-20(27)24(3,4)5)25-22(29)17-10-8-7-9-11-17/h7-11,16,18-19H,12-15H2,1-6H3,(H,25,29)(H,26,28)/t18?,19-/m0/s1. The van der Waals surface area contributed by atoms with E-state index in [9.17, 15) is 19.2 Å². The first kappa shape index (κ1) is 26.3. The fraction of sp³-hybridized carbons (Fsp3) is 0.583. The van der Waals surface area contributed by atoms with Gasteiger partial charge in [0.25, 0.3) is 5.91 Å². The molecule has 0 spiro atoms. The molecule has 0 aliphatic rings. The van der Waals surface area contributed by atoms with E-state index in [1.165, 1.54) is 7.11 Å². The number of esters is 1. The summed E-state index contributed by atoms with van der Waals surface area (Å²) in [6, 6.07) is 7.52. The minimum absolute atomic E-state index is 0.00138. The normalized spacial score (nSPS) is 13.3. The van der Waals surface area contributed by atoms with Gasteiger partial charge in [-0.2, -0.15) is 0 Å². The van der Waals surface area contributed by atoms with Crippen molar-refractivity contribution < 1.29 is 23.9 Å². The molecular weight excluding hydrogens is 396 g/mol. The third-order valence-electron chi connectivity index (χ3n) is 4.89. The van der Waals surface area contributed by atoms with E-state index >= 15 is 0 Å². The maximum Gasteiger partial charge on any atom is 0.328 e. The van der Waals surface area contributed by atoms with Gasteiger partial charge in [0.1, 0.15) is 11.8 Å². The average Bonchev–Trinajstić information content (AvgIpc) is 2.70. The van der Waals surface area contributed by atoms with Crippen molar-refractivity contribution in [1.29, 1.82) is 0 Å². The van der Waals surface area contributed by atoms with E-state index in [1.807, 2.05) is 40.7 Å². The van der Waals surface area contributed by atoms with Crippen LogP contribution in [0.3, 0.4) is 0 Å². The highest BCUT2D eigenvalue weighted by Crippen LogP contribution is 2.19. The first-order chi connectivity index (χ1) is 14.4. The predicted octanol–water partition coefficient (Wildman–Crippen LogP) is 3.27. The average molecular weight is 433 g/mol. The van der Waals surface area contributed by atoms with E-state index in [0.717, 1.165) is 0 Å². The van der Waals surface area contributed by atoms with Crippen molar-refractivity contribution >= 4 is 23.6 Å². The van der Waals surface area contributed by atoms with E-state index in [2.05, 4.69) is 10.6 Å². The van der Waals surface area contributed by atoms with Gasteiger partial charge >= 0.3 is 5.97 Å². The molecule has 7 nitrogen and oxygen atoms in total. The van der Waals surface area contributed by atoms with Crippen LogP contribution >= 0.6 is 0 Å². The molecule has 0 aromatic heterocycles. The summed E-state index contributed by atoms with van der Waals surface area (Å²) < 4.78 is 4.78. The fourth-order valence-corrected chi connectivity index (χ4v) is 3.01. The second kappa shape index (κ2) is 12.2. The van der Waals surface area contributed by atoms with Crippen LogP contribution < -0.4 is 10.6 Å². The third-order valence-corrected chi connectivity index (χ3v) is 4.89. The van der Waals surface area contributed by atoms with Crippen molar-refractivity contribution in [2.45, 2.75) is 72.4 Å². The van der Waals surface area contributed by atoms with Gasteiger partial charge < -0.3 is 15.4 Å². The van der Waals surface area contributed by atoms with Gasteiger partial charge in [0, 0.05) is 29.9 Å². The zero-order valence-electron chi connectivity index (χ0n) is 19.5. The van der Waals surface area contributed by atoms with Gasteiger partial charge in [-0.1, -0.05) is 52.8 Å². The number of nitrogens with one attached hydrogen (secondary N) is 2. The fourth-order valence-electron chi connectivity index (χ4n) is 3.01. The molecule has 1 unspecified atom stereocenters. The van der Waals surface area contributed by atoms with Crippen LogP contribution in [-0.4, -0.2) is 42.8 Å². The molecule has 0 bridgehead atoms. The zero-order valence-corrected chi connectivity index (χ0v) is 19.5. The summed E-state index contributed by atoms with van der Waals surface area (Å²) in [6.07, 6.45) is 0.946. The highest BCUT2D eigenvalue weighted by atomic mass is 16.5. The summed E-state index contributed by atoms with van der Waals surface area (Å²) in [6.45, 7) is 9.38. The Hall–Kier alpha value is -2.70. The summed E-state index contributed by atoms with van der Waals surface area (Å²) in [5.74, 6) is -0.901. The number of Topliss-reactive ketones (excluding diaryl/α,β-unsaturated/α-hetero) is 1. The Labute approximate surface area is 185 Å². The molecule has 2 amide bonds. The summed E-state index contributed by atoms with van der Waals surface area (Å²) in [5.41, 5.74) is -0.0616. The summed E-state index contributed by atoms with van der Waals surface area (Å²) in [7, 11) is 1.29. The number of hydrogen-bond donors (Lipinski definition) is 2. The Morgan fingerprint density at radius 2 is 1.61 bits per heavy atom. The van der Waals surface area contributed by atoms with Gasteiger partial charge in [-0.05, 0) is 30.9 Å². The van der Waals surface area contributed by atoms with E-state index in [1.54, 1.807) is 24.3 Å². The second-order valence-corrected chi connectivity index (χ2v) is 9.23. The zero-order chi connectivity index (χ0) is 23.6. The second-order valence-electron chi connectivity index (χ2n) is 9.23. The maximum absolute atomic E-state index is 12.6. The number of methoxy groups -OCH3 is 1. The maximum atomic E-state index is 12.6. The lowest BCUT2D eigenvalue weighted by Gasteiger charge is -2.24. The molecule has 1 aromatic rings. The number of amides is 2. The van der Waals surface area contributed by atoms with Crippen molar-refractivity contribution in [3.05, 3.63) is 35.9 Å². The minimum Gasteiger partial charge on any atom is -0.467 e. The molecular formula is C24H36N2O5. The smallest absolute Gasteiger partial charge is 0.328 e. The molecule has 1 rings (SSSR count). The van der Waals surface area contributed by atoms with Gasteiger partial charge in [0.05, 0.1) is 7.11 Å². The van der Waals surface area contributed by atoms with Gasteiger partial charge in [-0.25, -0.2) is 4.79 Å². The largest absolute Gasteiger partial charge is 0.467 e. The van der Waals surface area contributed by atoms with Crippen LogP contribution in [0.15, 0.2) is 30.3 Å². The van der Waals surface area contributed by atoms with E-state index in [-0.39, 0.29) is 42.8 Å². The van der Waals surface area contributed by atoms with Crippen molar-refractivity contribution in [2.24, 2.45) is 11.3 Å². The Morgan fingerprint density at radius 3 is 2.13 bits per heavy atom. The van der Waals surface area contributed by atoms with E-state index < -0.39 is 23.5 Å². The number of hydrogen-bond acceptors (Lipinski definition) is 5. The summed E-state index contributed by atoms with van der Waals surface area (Å²) >= 11 is 0. The molecule has 0 saturated carbocycles. The van der Waals surface area contributed by atoms with Crippen molar-refractivity contribution in [2.75, 3.05) is 7.11 Å². The third kappa shape index (κ3) is 9.77. The number of carbonyl (C=O) groups is 4. The molecule has 0 fully saturated rings. The molecule has 1 aromatic carbocycles. The number of rotatable bonds is 11. The number of ether oxygens (including phenoxy) is 1. The number of carbonyl (C=O) groups excluding carboxylic acids is 4. The van der Waals surface area contributed by atoms with E-state index in [0.29, 0.717) is 12.0 Å². The molecule has 172 valence electrons. The van der Waals surface area contributed by atoms with Crippen molar-refractivity contribution in [1.82, 2.24) is 10.6 Å². The van der Waals surface area contributed by atoms with Gasteiger partial charge in [-0.15, -0.1) is 0 Å². The highest BCUT2D eigenvalue weighted by molar-refractivity contribution is 5.95. The van der Waals surface area contributed by atoms with Crippen LogP contribution in [0.1, 0.15) is 70.7 Å². The molecule has 0 aliphatic carbocycles. The minimum atomic E-state index is -0.717. The summed E-state index contributed by atoms with van der Waals surface area (Å²) in [4.78, 5) is 49.5. The molecule has 2 N–H and O–H groups in total. The van der Waals surface area contributed by atoms with Gasteiger partial charge in [0.15, 0.2) is 0 Å². The van der Waals surface area contributed by atoms with Crippen molar-refractivity contribution in [3.8, 4) is 0 Å². The molecule has 7 heteroatoms. The molecule has 0 radical (unpaired) electrons. The predicted molar refractivity (Wildman–Crippen MR) is 119 cm³/mol. The number of benzene rings is 1. The Balaban J connectivity index is 2.81. The summed E-state index contributed by atoms with van der Waals surface area (Å²) in [5, 5.41) is 5.59. The lowest BCUT2D eigenvalue weighted by Crippen LogP contribution is -2.43. The molecule has 0 heterocycles. The molecule has 0 saturated heterocycles. The van der Waals surface area contributed by atoms with Crippen molar-refractivity contribution in [3.63, 3.8) is 0 Å². The molecule has 31 heavy (non-hydrogen) atoms. The van der Waals surface area contributed by atoms with Gasteiger partial charge in [-0.3, -0.25) is 14.4 Å². The monoisotopic (exact) mass is 432 g/mol. The first-order valence-corrected chi connectivity index (χ1v) is 10.7. The lowest BCUT2D eigenvalue weighted by molar-refractivity contribution is -0.145. The lowest BCUT2D eigenvalue weighted by atomic mass is 9.86. The Bertz CT molecular complexity index is 753. The highest BCUT2D eigenvalue weighted by Gasteiger charge is 2.27. The van der Waals surface area contributed by atoms with E-state index in [4.69, 9.17) is 4.74 Å². The first-order valence-electron chi connectivity index (χ1n) is 10.7. The van der Waals surface area contributed by atoms with Gasteiger partial charge in [0.2, 0.25) is 5.91 Å². The Kier molecular flexibility index (Phi) is 10.4. The molecule has 0 aliphatic heterocycles. The molecule has 2 atom stereocenters. The quantitative estimate of drug-likeness (QED) is 0.523. The SMILES string of the molecule is COC(=O)[C@H](CC(C)C)NC(=O)CCC(CC(=O)C(C)(C)C)NC(=O)c1ccccc1.